The molecule has 0 aliphatic heterocycles. The van der Waals surface area contributed by atoms with Crippen molar-refractivity contribution in [3.05, 3.63) is 66.6 Å². The zero-order chi connectivity index (χ0) is 27.5. The molecule has 4 N–H and O–H groups in total. The molecule has 2 aromatic carbocycles. The van der Waals surface area contributed by atoms with Crippen molar-refractivity contribution >= 4 is 23.4 Å². The van der Waals surface area contributed by atoms with Crippen molar-refractivity contribution in [2.75, 3.05) is 18.1 Å². The van der Waals surface area contributed by atoms with Gasteiger partial charge in [-0.05, 0) is 80.0 Å². The molecular weight excluding hydrogens is 486 g/mol. The highest BCUT2D eigenvalue weighted by Crippen LogP contribution is 2.41. The van der Waals surface area contributed by atoms with Crippen LogP contribution in [0.3, 0.4) is 0 Å². The SMILES string of the molecule is [CH2]C(COC(=O)/C=C/c1ccc(OC(F)(F)C2CCC(CCCCCC)CC2)cc1)c1ccc(N)cc1N. The van der Waals surface area contributed by atoms with Gasteiger partial charge in [0.25, 0.3) is 0 Å². The Balaban J connectivity index is 1.43. The maximum absolute atomic E-state index is 14.8. The van der Waals surface area contributed by atoms with Crippen molar-refractivity contribution in [2.24, 2.45) is 11.8 Å². The van der Waals surface area contributed by atoms with E-state index in [2.05, 4.69) is 13.8 Å². The maximum Gasteiger partial charge on any atom is 0.400 e. The summed E-state index contributed by atoms with van der Waals surface area (Å²) in [6.07, 6.45) is 8.35. The molecule has 1 aliphatic rings. The van der Waals surface area contributed by atoms with Crippen LogP contribution in [-0.2, 0) is 9.53 Å². The molecule has 1 radical (unpaired) electrons. The van der Waals surface area contributed by atoms with E-state index in [0.29, 0.717) is 35.7 Å². The smallest absolute Gasteiger partial charge is 0.400 e. The topological polar surface area (TPSA) is 87.6 Å². The maximum atomic E-state index is 14.8. The van der Waals surface area contributed by atoms with Crippen LogP contribution in [-0.4, -0.2) is 18.7 Å². The summed E-state index contributed by atoms with van der Waals surface area (Å²) >= 11 is 0. The van der Waals surface area contributed by atoms with Crippen LogP contribution in [0.2, 0.25) is 0 Å². The average Bonchev–Trinajstić information content (AvgIpc) is 2.89. The molecule has 0 saturated heterocycles. The Labute approximate surface area is 225 Å². The summed E-state index contributed by atoms with van der Waals surface area (Å²) in [6, 6.07) is 11.4. The number of nitrogen functional groups attached to an aromatic ring is 2. The van der Waals surface area contributed by atoms with Crippen molar-refractivity contribution in [3.8, 4) is 5.75 Å². The summed E-state index contributed by atoms with van der Waals surface area (Å²) in [5.41, 5.74) is 14.1. The molecule has 1 fully saturated rings. The fourth-order valence-electron chi connectivity index (χ4n) is 4.98. The second kappa shape index (κ2) is 14.2. The van der Waals surface area contributed by atoms with Crippen molar-refractivity contribution in [1.29, 1.82) is 0 Å². The molecule has 0 bridgehead atoms. The molecule has 3 rings (SSSR count). The molecule has 1 unspecified atom stereocenters. The number of hydrogen-bond donors (Lipinski definition) is 2. The number of anilines is 2. The Kier molecular flexibility index (Phi) is 11.0. The van der Waals surface area contributed by atoms with Gasteiger partial charge in [-0.15, -0.1) is 0 Å². The molecule has 1 aliphatic carbocycles. The first-order valence-corrected chi connectivity index (χ1v) is 13.7. The van der Waals surface area contributed by atoms with Crippen LogP contribution < -0.4 is 16.2 Å². The van der Waals surface area contributed by atoms with Crippen LogP contribution in [0, 0.1) is 18.8 Å². The normalized spacial score (nSPS) is 18.8. The second-order valence-electron chi connectivity index (χ2n) is 10.3. The van der Waals surface area contributed by atoms with Crippen LogP contribution in [0.5, 0.6) is 5.75 Å². The number of rotatable bonds is 13. The minimum Gasteiger partial charge on any atom is -0.462 e. The molecule has 0 amide bonds. The number of esters is 1. The Morgan fingerprint density at radius 2 is 1.79 bits per heavy atom. The van der Waals surface area contributed by atoms with E-state index in [4.69, 9.17) is 20.9 Å². The lowest BCUT2D eigenvalue weighted by Crippen LogP contribution is -2.37. The van der Waals surface area contributed by atoms with Crippen LogP contribution in [0.4, 0.5) is 20.2 Å². The lowest BCUT2D eigenvalue weighted by molar-refractivity contribution is -0.223. The highest BCUT2D eigenvalue weighted by atomic mass is 19.3. The van der Waals surface area contributed by atoms with E-state index < -0.39 is 18.0 Å². The van der Waals surface area contributed by atoms with Gasteiger partial charge in [0.15, 0.2) is 0 Å². The summed E-state index contributed by atoms with van der Waals surface area (Å²) in [5, 5.41) is 0. The number of ether oxygens (including phenoxy) is 2. The van der Waals surface area contributed by atoms with Gasteiger partial charge in [-0.3, -0.25) is 0 Å². The molecule has 1 saturated carbocycles. The standard InChI is InChI=1S/C31H41F2N2O3/c1-3-4-5-6-7-23-8-13-25(14-9-23)31(32,33)38-27-16-10-24(11-17-27)12-19-30(36)37-21-22(2)28-18-15-26(34)20-29(28)35/h10-12,15-20,22-23,25H,2-9,13-14,21,34-35H2,1H3/b19-12+. The van der Waals surface area contributed by atoms with E-state index in [-0.39, 0.29) is 18.3 Å². The quantitative estimate of drug-likeness (QED) is 0.120. The lowest BCUT2D eigenvalue weighted by atomic mass is 9.79. The monoisotopic (exact) mass is 527 g/mol. The third kappa shape index (κ3) is 9.03. The molecule has 207 valence electrons. The van der Waals surface area contributed by atoms with E-state index in [1.807, 2.05) is 0 Å². The van der Waals surface area contributed by atoms with Crippen molar-refractivity contribution < 1.29 is 23.0 Å². The van der Waals surface area contributed by atoms with E-state index in [0.717, 1.165) is 24.8 Å². The third-order valence-corrected chi connectivity index (χ3v) is 7.31. The van der Waals surface area contributed by atoms with Gasteiger partial charge in [0.1, 0.15) is 5.75 Å². The van der Waals surface area contributed by atoms with Crippen molar-refractivity contribution in [2.45, 2.75) is 76.7 Å². The molecule has 38 heavy (non-hydrogen) atoms. The minimum atomic E-state index is -3.20. The van der Waals surface area contributed by atoms with Crippen LogP contribution in [0.25, 0.3) is 6.08 Å². The summed E-state index contributed by atoms with van der Waals surface area (Å²) in [5.74, 6) is -0.971. The minimum absolute atomic E-state index is 0.0555. The molecule has 7 heteroatoms. The van der Waals surface area contributed by atoms with Gasteiger partial charge in [-0.25, -0.2) is 4.79 Å². The number of hydrogen-bond acceptors (Lipinski definition) is 5. The van der Waals surface area contributed by atoms with Gasteiger partial charge in [0.2, 0.25) is 0 Å². The fourth-order valence-corrected chi connectivity index (χ4v) is 4.98. The average molecular weight is 528 g/mol. The first-order valence-electron chi connectivity index (χ1n) is 13.7. The van der Waals surface area contributed by atoms with Gasteiger partial charge in [-0.1, -0.05) is 57.2 Å². The third-order valence-electron chi connectivity index (χ3n) is 7.31. The second-order valence-corrected chi connectivity index (χ2v) is 10.3. The Morgan fingerprint density at radius 1 is 1.08 bits per heavy atom. The van der Waals surface area contributed by atoms with E-state index in [1.54, 1.807) is 36.4 Å². The summed E-state index contributed by atoms with van der Waals surface area (Å²) in [4.78, 5) is 12.1. The fraction of sp³-hybridized carbons (Fsp3) is 0.484. The van der Waals surface area contributed by atoms with Crippen molar-refractivity contribution in [1.82, 2.24) is 0 Å². The molecule has 2 aromatic rings. The van der Waals surface area contributed by atoms with Crippen LogP contribution in [0.15, 0.2) is 48.5 Å². The van der Waals surface area contributed by atoms with Crippen molar-refractivity contribution in [3.63, 3.8) is 0 Å². The highest BCUT2D eigenvalue weighted by molar-refractivity contribution is 5.87. The van der Waals surface area contributed by atoms with Gasteiger partial charge >= 0.3 is 12.1 Å². The van der Waals surface area contributed by atoms with Gasteiger partial charge in [0, 0.05) is 23.4 Å². The summed E-state index contributed by atoms with van der Waals surface area (Å²) in [7, 11) is 0. The Bertz CT molecular complexity index is 1050. The number of carbonyl (C=O) groups is 1. The summed E-state index contributed by atoms with van der Waals surface area (Å²) < 4.78 is 40.0. The summed E-state index contributed by atoms with van der Waals surface area (Å²) in [6.45, 7) is 6.23. The highest BCUT2D eigenvalue weighted by Gasteiger charge is 2.43. The Morgan fingerprint density at radius 3 is 2.45 bits per heavy atom. The Hall–Kier alpha value is -3.09. The predicted molar refractivity (Wildman–Crippen MR) is 150 cm³/mol. The first-order chi connectivity index (χ1) is 18.2. The molecule has 0 spiro atoms. The number of alkyl halides is 2. The van der Waals surface area contributed by atoms with Crippen LogP contribution in [0.1, 0.15) is 81.8 Å². The van der Waals surface area contributed by atoms with E-state index >= 15 is 0 Å². The van der Waals surface area contributed by atoms with Crippen LogP contribution >= 0.6 is 0 Å². The zero-order valence-corrected chi connectivity index (χ0v) is 22.3. The number of halogens is 2. The number of unbranched alkanes of at least 4 members (excludes halogenated alkanes) is 3. The number of benzene rings is 2. The molecule has 0 heterocycles. The lowest BCUT2D eigenvalue weighted by Gasteiger charge is -2.33. The molecular formula is C31H41F2N2O3. The van der Waals surface area contributed by atoms with E-state index in [9.17, 15) is 13.6 Å². The first kappa shape index (κ1) is 29.5. The molecule has 0 aromatic heterocycles. The molecule has 5 nitrogen and oxygen atoms in total. The van der Waals surface area contributed by atoms with E-state index in [1.165, 1.54) is 43.9 Å². The largest absolute Gasteiger partial charge is 0.462 e. The van der Waals surface area contributed by atoms with Gasteiger partial charge in [-0.2, -0.15) is 8.78 Å². The van der Waals surface area contributed by atoms with Gasteiger partial charge < -0.3 is 20.9 Å². The number of carbonyl (C=O) groups excluding carboxylic acids is 1. The predicted octanol–water partition coefficient (Wildman–Crippen LogP) is 7.77. The number of nitrogens with two attached hydrogens (primary N) is 2. The zero-order valence-electron chi connectivity index (χ0n) is 22.3. The molecule has 1 atom stereocenters. The van der Waals surface area contributed by atoms with Gasteiger partial charge in [0.05, 0.1) is 12.5 Å².